The maximum Gasteiger partial charge on any atom is 0.573 e. The molecule has 37 heavy (non-hydrogen) atoms. The molecule has 0 bridgehead atoms. The van der Waals surface area contributed by atoms with Gasteiger partial charge in [-0.1, -0.05) is 18.2 Å². The van der Waals surface area contributed by atoms with Crippen LogP contribution in [0.4, 0.5) is 30.6 Å². The molecule has 0 radical (unpaired) electrons. The van der Waals surface area contributed by atoms with Crippen LogP contribution in [-0.4, -0.2) is 64.9 Å². The first-order valence-electron chi connectivity index (χ1n) is 12.5. The highest BCUT2D eigenvalue weighted by Gasteiger charge is 2.33. The average molecular weight is 524 g/mol. The van der Waals surface area contributed by atoms with Crippen molar-refractivity contribution in [1.82, 2.24) is 20.2 Å². The minimum absolute atomic E-state index is 0.0290. The van der Waals surface area contributed by atoms with Crippen LogP contribution in [0, 0.1) is 16.0 Å². The van der Waals surface area contributed by atoms with Crippen molar-refractivity contribution >= 4 is 17.5 Å². The Labute approximate surface area is 213 Å². The molecular formula is C24H32F3N7O3. The van der Waals surface area contributed by atoms with Gasteiger partial charge in [-0.3, -0.25) is 15.0 Å². The third kappa shape index (κ3) is 7.41. The van der Waals surface area contributed by atoms with Gasteiger partial charge >= 0.3 is 12.0 Å². The van der Waals surface area contributed by atoms with Gasteiger partial charge in [-0.15, -0.1) is 13.2 Å². The van der Waals surface area contributed by atoms with E-state index < -0.39 is 17.0 Å². The number of benzene rings is 1. The van der Waals surface area contributed by atoms with Crippen LogP contribution in [0.1, 0.15) is 37.7 Å². The zero-order valence-electron chi connectivity index (χ0n) is 20.5. The molecule has 1 aromatic heterocycles. The molecule has 2 heterocycles. The lowest BCUT2D eigenvalue weighted by Gasteiger charge is -2.38. The van der Waals surface area contributed by atoms with Gasteiger partial charge in [0.15, 0.2) is 0 Å². The number of ether oxygens (including phenoxy) is 1. The first kappa shape index (κ1) is 26.9. The molecule has 1 aliphatic heterocycles. The number of hydrogen-bond donors (Lipinski definition) is 2. The Bertz CT molecular complexity index is 1060. The summed E-state index contributed by atoms with van der Waals surface area (Å²) in [4.78, 5) is 23.1. The number of nitrogen functional groups attached to an aromatic ring is 1. The summed E-state index contributed by atoms with van der Waals surface area (Å²) in [6.45, 7) is 4.66. The van der Waals surface area contributed by atoms with E-state index in [1.165, 1.54) is 12.1 Å². The summed E-state index contributed by atoms with van der Waals surface area (Å²) < 4.78 is 43.2. The molecule has 13 heteroatoms. The summed E-state index contributed by atoms with van der Waals surface area (Å²) in [5.74, 6) is -0.214. The van der Waals surface area contributed by atoms with Crippen molar-refractivity contribution in [2.24, 2.45) is 5.92 Å². The molecule has 4 rings (SSSR count). The van der Waals surface area contributed by atoms with Crippen LogP contribution in [0.3, 0.4) is 0 Å². The fourth-order valence-corrected chi connectivity index (χ4v) is 5.19. The summed E-state index contributed by atoms with van der Waals surface area (Å²) >= 11 is 0. The van der Waals surface area contributed by atoms with Gasteiger partial charge in [0, 0.05) is 37.8 Å². The molecule has 0 spiro atoms. The summed E-state index contributed by atoms with van der Waals surface area (Å²) in [6, 6.07) is 6.43. The fourth-order valence-electron chi connectivity index (χ4n) is 5.19. The molecule has 202 valence electrons. The van der Waals surface area contributed by atoms with Crippen molar-refractivity contribution in [1.29, 1.82) is 0 Å². The molecule has 1 aromatic carbocycles. The lowest BCUT2D eigenvalue weighted by molar-refractivity contribution is -0.384. The van der Waals surface area contributed by atoms with Crippen molar-refractivity contribution in [2.75, 3.05) is 43.4 Å². The van der Waals surface area contributed by atoms with E-state index in [1.807, 2.05) is 0 Å². The van der Waals surface area contributed by atoms with Crippen LogP contribution in [-0.2, 0) is 6.54 Å². The summed E-state index contributed by atoms with van der Waals surface area (Å²) in [7, 11) is 0. The summed E-state index contributed by atoms with van der Waals surface area (Å²) in [6.07, 6.45) is 1.31. The third-order valence-electron chi connectivity index (χ3n) is 7.01. The number of hydrogen-bond acceptors (Lipinski definition) is 9. The molecule has 2 aromatic rings. The number of rotatable bonds is 8. The zero-order chi connectivity index (χ0) is 26.4. The Balaban J connectivity index is 1.51. The quantitative estimate of drug-likeness (QED) is 0.394. The van der Waals surface area contributed by atoms with E-state index in [2.05, 4.69) is 24.9 Å². The van der Waals surface area contributed by atoms with Gasteiger partial charge in [-0.25, -0.2) is 4.98 Å². The standard InChI is InChI=1S/C24H32F3N7O3/c25-24(26,27)37-21-5-2-1-4-18(21)16-33(23-30-14-20(34(35)36)22(28)31-23)15-17-6-8-19(9-7-17)32-12-3-10-29-11-13-32/h1-2,4-5,14,17,19,29H,3,6-13,15-16H2,(H2,28,30,31)/t17-,19-. The van der Waals surface area contributed by atoms with E-state index in [1.54, 1.807) is 17.0 Å². The van der Waals surface area contributed by atoms with Crippen LogP contribution in [0.5, 0.6) is 5.75 Å². The van der Waals surface area contributed by atoms with Crippen LogP contribution in [0.25, 0.3) is 0 Å². The second-order valence-corrected chi connectivity index (χ2v) is 9.55. The lowest BCUT2D eigenvalue weighted by atomic mass is 9.84. The average Bonchev–Trinajstić information content (AvgIpc) is 3.14. The van der Waals surface area contributed by atoms with Crippen molar-refractivity contribution in [3.05, 3.63) is 46.1 Å². The predicted octanol–water partition coefficient (Wildman–Crippen LogP) is 3.73. The van der Waals surface area contributed by atoms with Crippen molar-refractivity contribution in [2.45, 2.75) is 51.1 Å². The Kier molecular flexibility index (Phi) is 8.64. The van der Waals surface area contributed by atoms with E-state index >= 15 is 0 Å². The minimum Gasteiger partial charge on any atom is -0.405 e. The molecule has 0 amide bonds. The van der Waals surface area contributed by atoms with Crippen molar-refractivity contribution in [3.63, 3.8) is 0 Å². The molecule has 3 N–H and O–H groups in total. The zero-order valence-corrected chi connectivity index (χ0v) is 20.5. The highest BCUT2D eigenvalue weighted by molar-refractivity contribution is 5.54. The van der Waals surface area contributed by atoms with Gasteiger partial charge in [0.2, 0.25) is 11.8 Å². The molecule has 2 fully saturated rings. The molecule has 2 aliphatic rings. The smallest absolute Gasteiger partial charge is 0.405 e. The number of nitro groups is 1. The molecule has 1 aliphatic carbocycles. The van der Waals surface area contributed by atoms with Crippen LogP contribution in [0.2, 0.25) is 0 Å². The topological polar surface area (TPSA) is 123 Å². The monoisotopic (exact) mass is 523 g/mol. The first-order chi connectivity index (χ1) is 17.7. The number of anilines is 2. The number of para-hydroxylation sites is 1. The minimum atomic E-state index is -4.84. The molecule has 0 unspecified atom stereocenters. The van der Waals surface area contributed by atoms with Gasteiger partial charge in [0.1, 0.15) is 11.9 Å². The van der Waals surface area contributed by atoms with E-state index in [0.717, 1.165) is 64.5 Å². The Morgan fingerprint density at radius 3 is 2.65 bits per heavy atom. The van der Waals surface area contributed by atoms with E-state index in [-0.39, 0.29) is 30.0 Å². The van der Waals surface area contributed by atoms with E-state index in [9.17, 15) is 23.3 Å². The highest BCUT2D eigenvalue weighted by atomic mass is 19.4. The summed E-state index contributed by atoms with van der Waals surface area (Å²) in [5.41, 5.74) is 5.69. The van der Waals surface area contributed by atoms with E-state index in [4.69, 9.17) is 5.73 Å². The number of nitrogens with zero attached hydrogens (tertiary/aromatic N) is 5. The SMILES string of the molecule is Nc1nc(N(Cc2ccccc2OC(F)(F)F)C[C@H]2CC[C@H](N3CCCNCC3)CC2)ncc1[N+](=O)[O-]. The number of aromatic nitrogens is 2. The van der Waals surface area contributed by atoms with Crippen LogP contribution < -0.4 is 20.7 Å². The predicted molar refractivity (Wildman–Crippen MR) is 132 cm³/mol. The Morgan fingerprint density at radius 2 is 1.95 bits per heavy atom. The van der Waals surface area contributed by atoms with Crippen molar-refractivity contribution < 1.29 is 22.8 Å². The fraction of sp³-hybridized carbons (Fsp3) is 0.583. The van der Waals surface area contributed by atoms with Crippen molar-refractivity contribution in [3.8, 4) is 5.75 Å². The molecule has 1 saturated carbocycles. The third-order valence-corrected chi connectivity index (χ3v) is 7.01. The second-order valence-electron chi connectivity index (χ2n) is 9.55. The van der Waals surface area contributed by atoms with Gasteiger partial charge < -0.3 is 20.7 Å². The van der Waals surface area contributed by atoms with Crippen LogP contribution >= 0.6 is 0 Å². The largest absolute Gasteiger partial charge is 0.573 e. The number of nitrogens with one attached hydrogen (secondary N) is 1. The molecular weight excluding hydrogens is 491 g/mol. The number of nitrogens with two attached hydrogens (primary N) is 1. The highest BCUT2D eigenvalue weighted by Crippen LogP contribution is 2.32. The van der Waals surface area contributed by atoms with Gasteiger partial charge in [-0.2, -0.15) is 4.98 Å². The maximum absolute atomic E-state index is 13.0. The lowest BCUT2D eigenvalue weighted by Crippen LogP contribution is -2.41. The van der Waals surface area contributed by atoms with Crippen LogP contribution in [0.15, 0.2) is 30.5 Å². The maximum atomic E-state index is 13.0. The Hall–Kier alpha value is -3.19. The normalized spacial score (nSPS) is 21.3. The summed E-state index contributed by atoms with van der Waals surface area (Å²) in [5, 5.41) is 14.6. The number of alkyl halides is 3. The second kappa shape index (κ2) is 11.9. The molecule has 0 atom stereocenters. The van der Waals surface area contributed by atoms with E-state index in [0.29, 0.717) is 18.2 Å². The van der Waals surface area contributed by atoms with Gasteiger partial charge in [0.25, 0.3) is 0 Å². The molecule has 10 nitrogen and oxygen atoms in total. The first-order valence-corrected chi connectivity index (χ1v) is 12.5. The molecule has 1 saturated heterocycles. The number of halogens is 3. The Morgan fingerprint density at radius 1 is 1.19 bits per heavy atom. The van der Waals surface area contributed by atoms with Gasteiger partial charge in [0.05, 0.1) is 4.92 Å². The van der Waals surface area contributed by atoms with Gasteiger partial charge in [-0.05, 0) is 57.2 Å².